The number of hydrogen-bond acceptors (Lipinski definition) is 8. The fourth-order valence-corrected chi connectivity index (χ4v) is 10.5. The number of thioether (sulfide) groups is 1. The Morgan fingerprint density at radius 3 is 1.71 bits per heavy atom. The van der Waals surface area contributed by atoms with Gasteiger partial charge < -0.3 is 28.4 Å². The average Bonchev–Trinajstić information content (AvgIpc) is 2.98. The Morgan fingerprint density at radius 2 is 1.15 bits per heavy atom. The summed E-state index contributed by atoms with van der Waals surface area (Å²) in [5.74, 6) is 0. The van der Waals surface area contributed by atoms with Gasteiger partial charge in [-0.05, 0) is 38.5 Å². The zero-order chi connectivity index (χ0) is 28.2. The molecule has 3 heterocycles. The van der Waals surface area contributed by atoms with Gasteiger partial charge in [-0.25, -0.2) is 17.6 Å². The van der Waals surface area contributed by atoms with Crippen LogP contribution in [-0.4, -0.2) is 134 Å². The molecule has 0 amide bonds. The van der Waals surface area contributed by atoms with Crippen LogP contribution in [0.4, 0.5) is 17.6 Å². The van der Waals surface area contributed by atoms with Crippen LogP contribution in [0.1, 0.15) is 51.4 Å². The van der Waals surface area contributed by atoms with Crippen molar-refractivity contribution in [2.45, 2.75) is 147 Å². The van der Waals surface area contributed by atoms with Crippen molar-refractivity contribution in [1.29, 1.82) is 0 Å². The minimum absolute atomic E-state index is 0.0576. The number of ether oxygens (including phenoxy) is 6. The van der Waals surface area contributed by atoms with Gasteiger partial charge >= 0.3 is 0 Å². The Hall–Kier alpha value is -0.210. The molecule has 0 spiro atoms. The predicted octanol–water partition coefficient (Wildman–Crippen LogP) is 3.74. The highest BCUT2D eigenvalue weighted by Crippen LogP contribution is 2.51. The van der Waals surface area contributed by atoms with Gasteiger partial charge in [0.05, 0.1) is 56.4 Å². The first-order chi connectivity index (χ1) is 19.9. The Labute approximate surface area is 243 Å². The Kier molecular flexibility index (Phi) is 8.84. The summed E-state index contributed by atoms with van der Waals surface area (Å²) < 4.78 is 94.4. The van der Waals surface area contributed by atoms with Gasteiger partial charge in [0.15, 0.2) is 24.7 Å². The minimum atomic E-state index is -2.55. The predicted molar refractivity (Wildman–Crippen MR) is 143 cm³/mol. The highest BCUT2D eigenvalue weighted by molar-refractivity contribution is 8.00. The van der Waals surface area contributed by atoms with Crippen molar-refractivity contribution in [2.24, 2.45) is 0 Å². The summed E-state index contributed by atoms with van der Waals surface area (Å²) in [7, 11) is 1.65. The molecule has 0 aromatic heterocycles. The molecule has 41 heavy (non-hydrogen) atoms. The van der Waals surface area contributed by atoms with E-state index >= 15 is 0 Å². The van der Waals surface area contributed by atoms with Crippen molar-refractivity contribution in [3.05, 3.63) is 0 Å². The number of hydrogen-bond donors (Lipinski definition) is 0. The Balaban J connectivity index is 1.09. The number of halogens is 4. The fraction of sp³-hybridized carbons (Fsp3) is 1.00. The van der Waals surface area contributed by atoms with Gasteiger partial charge in [-0.15, -0.1) is 0 Å². The van der Waals surface area contributed by atoms with Gasteiger partial charge in [0.1, 0.15) is 12.2 Å². The molecular formula is C29H43F4NO6S. The third kappa shape index (κ3) is 5.48. The third-order valence-electron chi connectivity index (χ3n) is 10.6. The summed E-state index contributed by atoms with van der Waals surface area (Å²) in [6.07, 6.45) is -5.52. The summed E-state index contributed by atoms with van der Waals surface area (Å²) in [5, 5.41) is 0.508. The Bertz CT molecular complexity index is 913. The molecule has 0 aromatic carbocycles. The Morgan fingerprint density at radius 1 is 0.634 bits per heavy atom. The van der Waals surface area contributed by atoms with Crippen molar-refractivity contribution in [2.75, 3.05) is 33.5 Å². The second-order valence-corrected chi connectivity index (χ2v) is 14.4. The first-order valence-corrected chi connectivity index (χ1v) is 16.5. The lowest BCUT2D eigenvalue weighted by Crippen LogP contribution is -2.70. The quantitative estimate of drug-likeness (QED) is 0.334. The van der Waals surface area contributed by atoms with E-state index in [0.29, 0.717) is 37.9 Å². The minimum Gasteiger partial charge on any atom is -0.382 e. The molecule has 0 aromatic rings. The van der Waals surface area contributed by atoms with Crippen molar-refractivity contribution >= 4 is 11.8 Å². The lowest BCUT2D eigenvalue weighted by atomic mass is 9.80. The maximum Gasteiger partial charge on any atom is 0.168 e. The number of nitrogens with zero attached hydrogens (tertiary/aromatic N) is 1. The van der Waals surface area contributed by atoms with Crippen molar-refractivity contribution in [3.8, 4) is 0 Å². The molecular weight excluding hydrogens is 566 g/mol. The van der Waals surface area contributed by atoms with E-state index in [1.807, 2.05) is 11.8 Å². The van der Waals surface area contributed by atoms with E-state index in [9.17, 15) is 17.6 Å². The van der Waals surface area contributed by atoms with Gasteiger partial charge in [0.25, 0.3) is 0 Å². The second-order valence-electron chi connectivity index (χ2n) is 12.9. The third-order valence-corrected chi connectivity index (χ3v) is 12.3. The fourth-order valence-electron chi connectivity index (χ4n) is 8.55. The van der Waals surface area contributed by atoms with Crippen molar-refractivity contribution < 1.29 is 46.0 Å². The zero-order valence-corrected chi connectivity index (χ0v) is 24.4. The van der Waals surface area contributed by atoms with Gasteiger partial charge in [-0.1, -0.05) is 12.8 Å². The van der Waals surface area contributed by atoms with E-state index in [1.54, 1.807) is 7.11 Å². The van der Waals surface area contributed by atoms with Gasteiger partial charge in [0.2, 0.25) is 0 Å². The SMILES string of the molecule is COCCOCCN1C2CC3OC4CCCCC4OC3CC2SC2CC3OC4C(F)C(F)C(F)C(F)C4OC3CC21. The maximum atomic E-state index is 14.8. The normalized spacial score (nSPS) is 53.2. The molecule has 4 aliphatic carbocycles. The second kappa shape index (κ2) is 12.3. The molecule has 0 bridgehead atoms. The molecule has 7 rings (SSSR count). The van der Waals surface area contributed by atoms with Crippen LogP contribution in [0.2, 0.25) is 0 Å². The van der Waals surface area contributed by atoms with Crippen molar-refractivity contribution in [1.82, 2.24) is 4.90 Å². The summed E-state index contributed by atoms with van der Waals surface area (Å²) in [4.78, 5) is 2.53. The largest absolute Gasteiger partial charge is 0.382 e. The molecule has 16 atom stereocenters. The highest BCUT2D eigenvalue weighted by atomic mass is 32.2. The molecule has 3 aliphatic heterocycles. The van der Waals surface area contributed by atoms with E-state index < -0.39 is 49.1 Å². The average molecular weight is 610 g/mol. The molecule has 7 fully saturated rings. The lowest BCUT2D eigenvalue weighted by molar-refractivity contribution is -0.289. The number of methoxy groups -OCH3 is 1. The van der Waals surface area contributed by atoms with Crippen LogP contribution in [0, 0.1) is 0 Å². The first-order valence-electron chi connectivity index (χ1n) is 15.6. The molecule has 12 heteroatoms. The summed E-state index contributed by atoms with van der Waals surface area (Å²) in [6, 6.07) is 0.363. The van der Waals surface area contributed by atoms with E-state index in [2.05, 4.69) is 4.90 Å². The van der Waals surface area contributed by atoms with Crippen LogP contribution in [0.15, 0.2) is 0 Å². The zero-order valence-electron chi connectivity index (χ0n) is 23.5. The standard InChI is InChI=1S/C29H43F4NO6S/c1-35-8-9-36-7-6-34-14-10-18-20(38-17-5-3-2-4-16(17)37-18)12-22(14)41-23-13-21-19(11-15(23)34)39-28-26(32)24(30)25(31)27(33)29(28)40-21/h14-29H,2-13H2,1H3. The van der Waals surface area contributed by atoms with Crippen molar-refractivity contribution in [3.63, 3.8) is 0 Å². The van der Waals surface area contributed by atoms with Crippen LogP contribution in [-0.2, 0) is 28.4 Å². The molecule has 0 N–H and O–H groups in total. The monoisotopic (exact) mass is 609 g/mol. The summed E-state index contributed by atoms with van der Waals surface area (Å²) in [5.41, 5.74) is 0. The first kappa shape index (κ1) is 29.5. The van der Waals surface area contributed by atoms with Crippen LogP contribution in [0.3, 0.4) is 0 Å². The number of fused-ring (bicyclic) bond motifs is 6. The van der Waals surface area contributed by atoms with Crippen LogP contribution in [0.25, 0.3) is 0 Å². The highest BCUT2D eigenvalue weighted by Gasteiger charge is 2.61. The number of alkyl halides is 4. The molecule has 3 saturated heterocycles. The smallest absolute Gasteiger partial charge is 0.168 e. The molecule has 0 radical (unpaired) electrons. The molecule has 16 unspecified atom stereocenters. The molecule has 234 valence electrons. The van der Waals surface area contributed by atoms with E-state index in [4.69, 9.17) is 28.4 Å². The topological polar surface area (TPSA) is 58.6 Å². The maximum absolute atomic E-state index is 14.8. The number of rotatable bonds is 6. The van der Waals surface area contributed by atoms with Crippen LogP contribution in [0.5, 0.6) is 0 Å². The lowest BCUT2D eigenvalue weighted by Gasteiger charge is -2.60. The molecule has 4 saturated carbocycles. The molecule has 7 aliphatic rings. The van der Waals surface area contributed by atoms with Crippen LogP contribution < -0.4 is 0 Å². The van der Waals surface area contributed by atoms with Crippen LogP contribution >= 0.6 is 11.8 Å². The van der Waals surface area contributed by atoms with Gasteiger partial charge in [-0.2, -0.15) is 11.8 Å². The van der Waals surface area contributed by atoms with E-state index in [1.165, 1.54) is 12.8 Å². The summed E-state index contributed by atoms with van der Waals surface area (Å²) >= 11 is 1.95. The van der Waals surface area contributed by atoms with Gasteiger partial charge in [0, 0.05) is 36.2 Å². The van der Waals surface area contributed by atoms with E-state index in [-0.39, 0.29) is 41.7 Å². The van der Waals surface area contributed by atoms with E-state index in [0.717, 1.165) is 32.2 Å². The summed E-state index contributed by atoms with van der Waals surface area (Å²) in [6.45, 7) is 2.30. The van der Waals surface area contributed by atoms with Gasteiger partial charge in [-0.3, -0.25) is 4.90 Å². The molecule has 7 nitrogen and oxygen atoms in total.